The van der Waals surface area contributed by atoms with E-state index in [1.807, 2.05) is 26.0 Å². The number of ether oxygens (including phenoxy) is 2. The van der Waals surface area contributed by atoms with Crippen LogP contribution in [-0.2, 0) is 9.53 Å². The second-order valence-corrected chi connectivity index (χ2v) is 6.28. The van der Waals surface area contributed by atoms with Crippen LogP contribution in [-0.4, -0.2) is 25.6 Å². The Labute approximate surface area is 158 Å². The normalized spacial score (nSPS) is 11.5. The van der Waals surface area contributed by atoms with Gasteiger partial charge in [-0.15, -0.1) is 0 Å². The molecule has 0 saturated carbocycles. The summed E-state index contributed by atoms with van der Waals surface area (Å²) in [6, 6.07) is 12.2. The van der Waals surface area contributed by atoms with Crippen LogP contribution in [0, 0.1) is 6.92 Å². The maximum absolute atomic E-state index is 12.3. The average molecular weight is 376 g/mol. The monoisotopic (exact) mass is 375 g/mol. The van der Waals surface area contributed by atoms with E-state index < -0.39 is 5.97 Å². The molecule has 0 radical (unpaired) electrons. The van der Waals surface area contributed by atoms with Crippen molar-refractivity contribution in [2.75, 3.05) is 13.7 Å². The van der Waals surface area contributed by atoms with Crippen molar-refractivity contribution < 1.29 is 19.1 Å². The van der Waals surface area contributed by atoms with Gasteiger partial charge in [0.05, 0.1) is 18.7 Å². The Hall–Kier alpha value is -2.53. The van der Waals surface area contributed by atoms with Gasteiger partial charge in [-0.2, -0.15) is 0 Å². The maximum Gasteiger partial charge on any atom is 0.337 e. The van der Waals surface area contributed by atoms with E-state index in [9.17, 15) is 9.59 Å². The molecule has 1 atom stereocenters. The number of methoxy groups -OCH3 is 1. The summed E-state index contributed by atoms with van der Waals surface area (Å²) in [5.74, 6) is -0.217. The predicted molar refractivity (Wildman–Crippen MR) is 101 cm³/mol. The Bertz CT molecular complexity index is 774. The van der Waals surface area contributed by atoms with Gasteiger partial charge in [-0.25, -0.2) is 4.79 Å². The van der Waals surface area contributed by atoms with Gasteiger partial charge < -0.3 is 14.8 Å². The first-order valence-electron chi connectivity index (χ1n) is 8.31. The molecule has 0 fully saturated rings. The van der Waals surface area contributed by atoms with Gasteiger partial charge in [0.2, 0.25) is 0 Å². The number of nitrogens with one attached hydrogen (secondary N) is 1. The molecule has 0 saturated heterocycles. The molecule has 1 unspecified atom stereocenters. The fourth-order valence-electron chi connectivity index (χ4n) is 2.50. The Balaban J connectivity index is 1.99. The summed E-state index contributed by atoms with van der Waals surface area (Å²) >= 11 is 5.90. The lowest BCUT2D eigenvalue weighted by molar-refractivity contribution is -0.123. The average Bonchev–Trinajstić information content (AvgIpc) is 2.65. The fraction of sp³-hybridized carbons (Fsp3) is 0.300. The summed E-state index contributed by atoms with van der Waals surface area (Å²) in [5, 5.41) is 3.59. The highest BCUT2D eigenvalue weighted by atomic mass is 35.5. The van der Waals surface area contributed by atoms with E-state index in [4.69, 9.17) is 21.1 Å². The van der Waals surface area contributed by atoms with Gasteiger partial charge in [-0.1, -0.05) is 36.7 Å². The molecule has 0 spiro atoms. The number of benzene rings is 2. The smallest absolute Gasteiger partial charge is 0.337 e. The van der Waals surface area contributed by atoms with E-state index in [-0.39, 0.29) is 18.6 Å². The first-order valence-corrected chi connectivity index (χ1v) is 8.69. The van der Waals surface area contributed by atoms with Crippen LogP contribution in [0.4, 0.5) is 0 Å². The topological polar surface area (TPSA) is 64.6 Å². The van der Waals surface area contributed by atoms with Crippen molar-refractivity contribution in [3.8, 4) is 5.75 Å². The number of halogens is 1. The van der Waals surface area contributed by atoms with Crippen LogP contribution in [0.15, 0.2) is 42.5 Å². The molecule has 26 heavy (non-hydrogen) atoms. The van der Waals surface area contributed by atoms with E-state index in [2.05, 4.69) is 5.32 Å². The predicted octanol–water partition coefficient (Wildman–Crippen LogP) is 4.08. The van der Waals surface area contributed by atoms with Crippen molar-refractivity contribution in [1.29, 1.82) is 0 Å². The zero-order valence-electron chi connectivity index (χ0n) is 15.0. The van der Waals surface area contributed by atoms with Crippen molar-refractivity contribution in [3.63, 3.8) is 0 Å². The van der Waals surface area contributed by atoms with Crippen molar-refractivity contribution in [1.82, 2.24) is 5.32 Å². The molecule has 0 aromatic heterocycles. The molecule has 1 N–H and O–H groups in total. The summed E-state index contributed by atoms with van der Waals surface area (Å²) in [5.41, 5.74) is 2.19. The first kappa shape index (κ1) is 19.8. The third-order valence-corrected chi connectivity index (χ3v) is 4.24. The third-order valence-electron chi connectivity index (χ3n) is 3.98. The summed E-state index contributed by atoms with van der Waals surface area (Å²) < 4.78 is 10.3. The Morgan fingerprint density at radius 3 is 2.46 bits per heavy atom. The van der Waals surface area contributed by atoms with Gasteiger partial charge in [0, 0.05) is 5.02 Å². The molecule has 0 bridgehead atoms. The molecule has 0 aliphatic rings. The van der Waals surface area contributed by atoms with Gasteiger partial charge in [0.25, 0.3) is 5.91 Å². The zero-order chi connectivity index (χ0) is 19.1. The molecule has 0 aliphatic carbocycles. The van der Waals surface area contributed by atoms with Gasteiger partial charge >= 0.3 is 5.97 Å². The highest BCUT2D eigenvalue weighted by Gasteiger charge is 2.14. The minimum atomic E-state index is -0.451. The standard InChI is InChI=1S/C20H22ClNO4/c1-4-17(14-7-9-16(21)10-8-14)22-19(23)12-26-18-11-15(20(24)25-3)6-5-13(18)2/h5-11,17H,4,12H2,1-3H3,(H,22,23). The number of carbonyl (C=O) groups is 2. The highest BCUT2D eigenvalue weighted by molar-refractivity contribution is 6.30. The Morgan fingerprint density at radius 2 is 1.85 bits per heavy atom. The van der Waals surface area contributed by atoms with Gasteiger partial charge in [0.15, 0.2) is 6.61 Å². The molecule has 138 valence electrons. The Morgan fingerprint density at radius 1 is 1.15 bits per heavy atom. The lowest BCUT2D eigenvalue weighted by Gasteiger charge is -2.18. The van der Waals surface area contributed by atoms with Crippen molar-refractivity contribution >= 4 is 23.5 Å². The SMILES string of the molecule is CCC(NC(=O)COc1cc(C(=O)OC)ccc1C)c1ccc(Cl)cc1. The molecule has 2 aromatic carbocycles. The van der Waals surface area contributed by atoms with Crippen LogP contribution in [0.1, 0.15) is 40.9 Å². The summed E-state index contributed by atoms with van der Waals surface area (Å²) in [6.45, 7) is 3.69. The van der Waals surface area contributed by atoms with Crippen molar-refractivity contribution in [2.24, 2.45) is 0 Å². The second-order valence-electron chi connectivity index (χ2n) is 5.84. The maximum atomic E-state index is 12.3. The van der Waals surface area contributed by atoms with E-state index in [1.54, 1.807) is 30.3 Å². The number of aryl methyl sites for hydroxylation is 1. The summed E-state index contributed by atoms with van der Waals surface area (Å²) in [7, 11) is 1.32. The lowest BCUT2D eigenvalue weighted by atomic mass is 10.0. The van der Waals surface area contributed by atoms with Crippen LogP contribution in [0.25, 0.3) is 0 Å². The number of amides is 1. The summed E-state index contributed by atoms with van der Waals surface area (Å²) in [6.07, 6.45) is 0.740. The van der Waals surface area contributed by atoms with Gasteiger partial charge in [-0.05, 0) is 48.7 Å². The van der Waals surface area contributed by atoms with E-state index in [0.29, 0.717) is 16.3 Å². The van der Waals surface area contributed by atoms with Crippen LogP contribution in [0.2, 0.25) is 5.02 Å². The minimum Gasteiger partial charge on any atom is -0.483 e. The summed E-state index contributed by atoms with van der Waals surface area (Å²) in [4.78, 5) is 23.9. The van der Waals surface area contributed by atoms with Crippen molar-refractivity contribution in [3.05, 3.63) is 64.2 Å². The first-order chi connectivity index (χ1) is 12.4. The van der Waals surface area contributed by atoms with E-state index in [0.717, 1.165) is 17.5 Å². The molecule has 2 aromatic rings. The molecule has 2 rings (SSSR count). The lowest BCUT2D eigenvalue weighted by Crippen LogP contribution is -2.32. The number of hydrogen-bond donors (Lipinski definition) is 1. The molecule has 6 heteroatoms. The van der Waals surface area contributed by atoms with Gasteiger partial charge in [-0.3, -0.25) is 4.79 Å². The zero-order valence-corrected chi connectivity index (χ0v) is 15.8. The number of rotatable bonds is 7. The second kappa shape index (κ2) is 9.25. The molecular weight excluding hydrogens is 354 g/mol. The largest absolute Gasteiger partial charge is 0.483 e. The van der Waals surface area contributed by atoms with E-state index in [1.165, 1.54) is 7.11 Å². The minimum absolute atomic E-state index is 0.120. The molecule has 0 heterocycles. The number of hydrogen-bond acceptors (Lipinski definition) is 4. The molecule has 0 aliphatic heterocycles. The highest BCUT2D eigenvalue weighted by Crippen LogP contribution is 2.21. The Kier molecular flexibility index (Phi) is 7.04. The third kappa shape index (κ3) is 5.23. The number of esters is 1. The van der Waals surface area contributed by atoms with Crippen LogP contribution >= 0.6 is 11.6 Å². The molecule has 5 nitrogen and oxygen atoms in total. The van der Waals surface area contributed by atoms with Crippen molar-refractivity contribution in [2.45, 2.75) is 26.3 Å². The quantitative estimate of drug-likeness (QED) is 0.740. The molecular formula is C20H22ClNO4. The number of carbonyl (C=O) groups excluding carboxylic acids is 2. The van der Waals surface area contributed by atoms with Crippen LogP contribution in [0.5, 0.6) is 5.75 Å². The van der Waals surface area contributed by atoms with Crippen LogP contribution in [0.3, 0.4) is 0 Å². The molecule has 1 amide bonds. The van der Waals surface area contributed by atoms with Crippen LogP contribution < -0.4 is 10.1 Å². The fourth-order valence-corrected chi connectivity index (χ4v) is 2.62. The van der Waals surface area contributed by atoms with Gasteiger partial charge in [0.1, 0.15) is 5.75 Å². The van der Waals surface area contributed by atoms with E-state index >= 15 is 0 Å².